The second-order valence-electron chi connectivity index (χ2n) is 5.07. The van der Waals surface area contributed by atoms with Gasteiger partial charge in [-0.3, -0.25) is 0 Å². The molecule has 1 aromatic heterocycles. The molecule has 94 valence electrons. The molecule has 1 fully saturated rings. The molecule has 1 aliphatic rings. The Labute approximate surface area is 113 Å². The topological polar surface area (TPSA) is 25.8 Å². The number of hydrogen-bond donors (Lipinski definition) is 0. The number of rotatable bonds is 2. The molecule has 0 saturated heterocycles. The van der Waals surface area contributed by atoms with Gasteiger partial charge in [0, 0.05) is 11.5 Å². The molecule has 0 spiro atoms. The molecule has 1 aliphatic carbocycles. The summed E-state index contributed by atoms with van der Waals surface area (Å²) in [6.45, 7) is 4.10. The molecule has 1 saturated carbocycles. The molecule has 1 heterocycles. The average molecular weight is 273 g/mol. The maximum Gasteiger partial charge on any atom is 0.137 e. The Balaban J connectivity index is 2.31. The van der Waals surface area contributed by atoms with Gasteiger partial charge in [-0.1, -0.05) is 56.3 Å². The number of hydrogen-bond acceptors (Lipinski definition) is 2. The minimum Gasteiger partial charge on any atom is -0.221 e. The van der Waals surface area contributed by atoms with Crippen molar-refractivity contribution >= 4 is 23.2 Å². The molecule has 0 aliphatic heterocycles. The molecular formula is C13H18Cl2N2. The van der Waals surface area contributed by atoms with Crippen molar-refractivity contribution in [1.82, 2.24) is 9.97 Å². The van der Waals surface area contributed by atoms with Crippen molar-refractivity contribution in [3.05, 3.63) is 21.7 Å². The van der Waals surface area contributed by atoms with Crippen molar-refractivity contribution in [1.29, 1.82) is 0 Å². The van der Waals surface area contributed by atoms with Crippen LogP contribution in [0.3, 0.4) is 0 Å². The summed E-state index contributed by atoms with van der Waals surface area (Å²) >= 11 is 12.4. The lowest BCUT2D eigenvalue weighted by molar-refractivity contribution is 0.428. The molecule has 0 N–H and O–H groups in total. The van der Waals surface area contributed by atoms with E-state index < -0.39 is 0 Å². The molecule has 4 heteroatoms. The molecule has 0 amide bonds. The lowest BCUT2D eigenvalue weighted by Gasteiger charge is -2.21. The third kappa shape index (κ3) is 2.92. The van der Waals surface area contributed by atoms with E-state index in [9.17, 15) is 0 Å². The Kier molecular flexibility index (Phi) is 4.26. The van der Waals surface area contributed by atoms with Gasteiger partial charge in [0.05, 0.1) is 0 Å². The lowest BCUT2D eigenvalue weighted by Crippen LogP contribution is -2.10. The summed E-state index contributed by atoms with van der Waals surface area (Å²) in [5, 5.41) is 1.06. The third-order valence-electron chi connectivity index (χ3n) is 3.42. The van der Waals surface area contributed by atoms with Crippen LogP contribution >= 0.6 is 23.2 Å². The number of halogens is 2. The summed E-state index contributed by atoms with van der Waals surface area (Å²) in [5.74, 6) is 1.54. The highest BCUT2D eigenvalue weighted by Crippen LogP contribution is 2.34. The smallest absolute Gasteiger partial charge is 0.137 e. The van der Waals surface area contributed by atoms with Crippen molar-refractivity contribution in [3.63, 3.8) is 0 Å². The van der Waals surface area contributed by atoms with Crippen LogP contribution in [-0.2, 0) is 0 Å². The van der Waals surface area contributed by atoms with Crippen LogP contribution in [-0.4, -0.2) is 9.97 Å². The molecule has 0 aromatic carbocycles. The van der Waals surface area contributed by atoms with Crippen molar-refractivity contribution in [2.75, 3.05) is 0 Å². The molecular weight excluding hydrogens is 255 g/mol. The maximum atomic E-state index is 6.21. The van der Waals surface area contributed by atoms with Gasteiger partial charge in [-0.15, -0.1) is 0 Å². The summed E-state index contributed by atoms with van der Waals surface area (Å²) in [7, 11) is 0. The van der Waals surface area contributed by atoms with E-state index in [4.69, 9.17) is 23.2 Å². The van der Waals surface area contributed by atoms with Gasteiger partial charge in [-0.2, -0.15) is 0 Å². The van der Waals surface area contributed by atoms with Gasteiger partial charge in [-0.25, -0.2) is 9.97 Å². The molecule has 0 atom stereocenters. The predicted octanol–water partition coefficient (Wildman–Crippen LogP) is 4.95. The zero-order valence-electron chi connectivity index (χ0n) is 10.3. The van der Waals surface area contributed by atoms with E-state index >= 15 is 0 Å². The second-order valence-corrected chi connectivity index (χ2v) is 5.78. The van der Waals surface area contributed by atoms with E-state index in [2.05, 4.69) is 23.8 Å². The summed E-state index contributed by atoms with van der Waals surface area (Å²) in [6.07, 6.45) is 6.16. The zero-order chi connectivity index (χ0) is 12.4. The van der Waals surface area contributed by atoms with E-state index in [1.54, 1.807) is 0 Å². The van der Waals surface area contributed by atoms with E-state index in [1.807, 2.05) is 0 Å². The molecule has 0 radical (unpaired) electrons. The Hall–Kier alpha value is -0.340. The monoisotopic (exact) mass is 272 g/mol. The number of nitrogens with zero attached hydrogens (tertiary/aromatic N) is 2. The Morgan fingerprint density at radius 3 is 2.00 bits per heavy atom. The first kappa shape index (κ1) is 13.1. The highest BCUT2D eigenvalue weighted by atomic mass is 35.5. The fraction of sp³-hybridized carbons (Fsp3) is 0.692. The van der Waals surface area contributed by atoms with Crippen LogP contribution < -0.4 is 0 Å². The van der Waals surface area contributed by atoms with Crippen LogP contribution in [0.1, 0.15) is 69.2 Å². The Bertz CT molecular complexity index is 375. The van der Waals surface area contributed by atoms with E-state index in [1.165, 1.54) is 19.3 Å². The van der Waals surface area contributed by atoms with Crippen molar-refractivity contribution in [2.45, 2.75) is 57.8 Å². The first-order valence-electron chi connectivity index (χ1n) is 6.32. The highest BCUT2D eigenvalue weighted by Gasteiger charge is 2.21. The predicted molar refractivity (Wildman–Crippen MR) is 72.0 cm³/mol. The fourth-order valence-corrected chi connectivity index (χ4v) is 3.29. The van der Waals surface area contributed by atoms with Gasteiger partial charge >= 0.3 is 0 Å². The quantitative estimate of drug-likeness (QED) is 0.712. The largest absolute Gasteiger partial charge is 0.221 e. The molecule has 0 unspecified atom stereocenters. The lowest BCUT2D eigenvalue weighted by atomic mass is 9.88. The molecule has 0 bridgehead atoms. The normalized spacial score (nSPS) is 17.7. The van der Waals surface area contributed by atoms with Crippen LogP contribution in [0.15, 0.2) is 0 Å². The van der Waals surface area contributed by atoms with Gasteiger partial charge in [-0.05, 0) is 18.8 Å². The standard InChI is InChI=1S/C13H18Cl2N2/c1-8(2)10-11(14)16-13(17-12(10)15)9-6-4-3-5-7-9/h8-9H,3-7H2,1-2H3. The molecule has 2 nitrogen and oxygen atoms in total. The zero-order valence-corrected chi connectivity index (χ0v) is 11.9. The van der Waals surface area contributed by atoms with Gasteiger partial charge in [0.2, 0.25) is 0 Å². The SMILES string of the molecule is CC(C)c1c(Cl)nc(C2CCCCC2)nc1Cl. The van der Waals surface area contributed by atoms with Crippen molar-refractivity contribution < 1.29 is 0 Å². The van der Waals surface area contributed by atoms with Crippen LogP contribution in [0, 0.1) is 0 Å². The molecule has 1 aromatic rings. The average Bonchev–Trinajstić information content (AvgIpc) is 2.28. The first-order valence-corrected chi connectivity index (χ1v) is 7.08. The summed E-state index contributed by atoms with van der Waals surface area (Å²) in [5.41, 5.74) is 0.868. The minimum atomic E-state index is 0.260. The maximum absolute atomic E-state index is 6.21. The van der Waals surface area contributed by atoms with Gasteiger partial charge in [0.15, 0.2) is 0 Å². The Morgan fingerprint density at radius 2 is 1.53 bits per heavy atom. The molecule has 2 rings (SSSR count). The van der Waals surface area contributed by atoms with Gasteiger partial charge in [0.1, 0.15) is 16.1 Å². The summed E-state index contributed by atoms with van der Waals surface area (Å²) in [4.78, 5) is 8.90. The van der Waals surface area contributed by atoms with E-state index in [0.29, 0.717) is 16.2 Å². The summed E-state index contributed by atoms with van der Waals surface area (Å²) < 4.78 is 0. The van der Waals surface area contributed by atoms with Gasteiger partial charge < -0.3 is 0 Å². The van der Waals surface area contributed by atoms with E-state index in [-0.39, 0.29) is 5.92 Å². The second kappa shape index (κ2) is 5.53. The van der Waals surface area contributed by atoms with Crippen LogP contribution in [0.4, 0.5) is 0 Å². The Morgan fingerprint density at radius 1 is 1.00 bits per heavy atom. The summed E-state index contributed by atoms with van der Waals surface area (Å²) in [6, 6.07) is 0. The van der Waals surface area contributed by atoms with Crippen LogP contribution in [0.2, 0.25) is 10.3 Å². The highest BCUT2D eigenvalue weighted by molar-refractivity contribution is 6.34. The van der Waals surface area contributed by atoms with Crippen LogP contribution in [0.5, 0.6) is 0 Å². The first-order chi connectivity index (χ1) is 8.09. The molecule has 17 heavy (non-hydrogen) atoms. The van der Waals surface area contributed by atoms with Gasteiger partial charge in [0.25, 0.3) is 0 Å². The van der Waals surface area contributed by atoms with Crippen molar-refractivity contribution in [3.8, 4) is 0 Å². The third-order valence-corrected chi connectivity index (χ3v) is 3.99. The minimum absolute atomic E-state index is 0.260. The number of aromatic nitrogens is 2. The van der Waals surface area contributed by atoms with Crippen LogP contribution in [0.25, 0.3) is 0 Å². The van der Waals surface area contributed by atoms with Crippen molar-refractivity contribution in [2.24, 2.45) is 0 Å². The van der Waals surface area contributed by atoms with E-state index in [0.717, 1.165) is 24.2 Å². The fourth-order valence-electron chi connectivity index (χ4n) is 2.45.